The summed E-state index contributed by atoms with van der Waals surface area (Å²) in [5, 5.41) is 13.7. The molecule has 2 aromatic carbocycles. The first-order valence-electron chi connectivity index (χ1n) is 13.4. The number of hydrogen-bond donors (Lipinski definition) is 3. The summed E-state index contributed by atoms with van der Waals surface area (Å²) in [6.07, 6.45) is 0.973. The maximum atomic E-state index is 13.2. The first-order chi connectivity index (χ1) is 19.3. The van der Waals surface area contributed by atoms with Gasteiger partial charge in [0.25, 0.3) is 5.91 Å². The Kier molecular flexibility index (Phi) is 9.74. The van der Waals surface area contributed by atoms with E-state index in [1.807, 2.05) is 0 Å². The minimum absolute atomic E-state index is 0.00122. The Labute approximate surface area is 241 Å². The molecule has 226 valence electrons. The van der Waals surface area contributed by atoms with Crippen LogP contribution in [0.2, 0.25) is 0 Å². The van der Waals surface area contributed by atoms with Gasteiger partial charge < -0.3 is 24.8 Å². The van der Waals surface area contributed by atoms with Gasteiger partial charge in [-0.2, -0.15) is 4.31 Å². The molecule has 1 amide bonds. The highest BCUT2D eigenvalue weighted by molar-refractivity contribution is 7.89. The number of nitrogens with one attached hydrogen (secondary N) is 2. The molecule has 0 saturated carbocycles. The molecule has 2 heterocycles. The Morgan fingerprint density at radius 3 is 2.44 bits per heavy atom. The predicted molar refractivity (Wildman–Crippen MR) is 152 cm³/mol. The van der Waals surface area contributed by atoms with Crippen LogP contribution in [0.25, 0.3) is 0 Å². The number of sulfonamides is 2. The third kappa shape index (κ3) is 7.44. The molecule has 0 aliphatic carbocycles. The number of ether oxygens (including phenoxy) is 2. The third-order valence-electron chi connectivity index (χ3n) is 7.46. The lowest BCUT2D eigenvalue weighted by Gasteiger charge is -2.38. The number of carbonyl (C=O) groups excluding carboxylic acids is 1. The average Bonchev–Trinajstić information content (AvgIpc) is 3.36. The van der Waals surface area contributed by atoms with E-state index in [2.05, 4.69) is 10.0 Å². The van der Waals surface area contributed by atoms with Crippen LogP contribution in [-0.4, -0.2) is 109 Å². The van der Waals surface area contributed by atoms with Crippen molar-refractivity contribution < 1.29 is 36.2 Å². The van der Waals surface area contributed by atoms with Gasteiger partial charge in [-0.05, 0) is 62.7 Å². The predicted octanol–water partition coefficient (Wildman–Crippen LogP) is 0.638. The fourth-order valence-corrected chi connectivity index (χ4v) is 7.24. The highest BCUT2D eigenvalue weighted by atomic mass is 32.2. The smallest absolute Gasteiger partial charge is 0.253 e. The maximum absolute atomic E-state index is 13.2. The quantitative estimate of drug-likeness (QED) is 0.333. The fraction of sp³-hybridized carbons (Fsp3) is 0.519. The van der Waals surface area contributed by atoms with Gasteiger partial charge in [0.1, 0.15) is 18.5 Å². The van der Waals surface area contributed by atoms with Crippen LogP contribution in [0.4, 0.5) is 0 Å². The lowest BCUT2D eigenvalue weighted by atomic mass is 9.88. The molecule has 2 aliphatic heterocycles. The van der Waals surface area contributed by atoms with Crippen molar-refractivity contribution in [3.63, 3.8) is 0 Å². The molecule has 1 spiro atoms. The Bertz CT molecular complexity index is 1420. The van der Waals surface area contributed by atoms with Crippen LogP contribution in [0.1, 0.15) is 29.6 Å². The zero-order valence-corrected chi connectivity index (χ0v) is 25.1. The molecule has 41 heavy (non-hydrogen) atoms. The van der Waals surface area contributed by atoms with Crippen LogP contribution in [-0.2, 0) is 24.8 Å². The Hall–Kier alpha value is -2.59. The van der Waals surface area contributed by atoms with Crippen molar-refractivity contribution in [1.82, 2.24) is 19.2 Å². The number of benzene rings is 2. The van der Waals surface area contributed by atoms with Crippen LogP contribution < -0.4 is 14.8 Å². The standard InChI is InChI=1S/C27H38N4O8S2/c1-28-40(34,35)25-6-4-5-23(15-25)38-19-22(32)17-29-21-16-27(39-18-21)11-13-31(14-12-27)41(36,37)24-9-7-20(8-10-24)26(33)30(2)3/h4-10,15,21-22,28-29,32H,11-14,16-19H2,1-3H3/t21?,22-/m0/s1. The van der Waals surface area contributed by atoms with Crippen molar-refractivity contribution in [3.8, 4) is 5.75 Å². The summed E-state index contributed by atoms with van der Waals surface area (Å²) in [6, 6.07) is 12.0. The van der Waals surface area contributed by atoms with E-state index in [1.54, 1.807) is 26.2 Å². The molecule has 14 heteroatoms. The monoisotopic (exact) mass is 610 g/mol. The maximum Gasteiger partial charge on any atom is 0.253 e. The van der Waals surface area contributed by atoms with Crippen LogP contribution in [0, 0.1) is 0 Å². The molecule has 0 bridgehead atoms. The molecule has 2 saturated heterocycles. The molecule has 0 radical (unpaired) electrons. The number of aliphatic hydroxyl groups is 1. The molecule has 2 fully saturated rings. The lowest BCUT2D eigenvalue weighted by molar-refractivity contribution is -0.0312. The summed E-state index contributed by atoms with van der Waals surface area (Å²) in [4.78, 5) is 13.8. The fourth-order valence-electron chi connectivity index (χ4n) is 5.04. The van der Waals surface area contributed by atoms with E-state index in [4.69, 9.17) is 9.47 Å². The van der Waals surface area contributed by atoms with E-state index < -0.39 is 31.8 Å². The van der Waals surface area contributed by atoms with Gasteiger partial charge >= 0.3 is 0 Å². The number of rotatable bonds is 11. The summed E-state index contributed by atoms with van der Waals surface area (Å²) in [6.45, 7) is 1.33. The molecule has 12 nitrogen and oxygen atoms in total. The number of carbonyl (C=O) groups is 1. The summed E-state index contributed by atoms with van der Waals surface area (Å²) < 4.78 is 65.8. The summed E-state index contributed by atoms with van der Waals surface area (Å²) in [7, 11) is -2.68. The minimum atomic E-state index is -3.69. The van der Waals surface area contributed by atoms with Crippen molar-refractivity contribution in [1.29, 1.82) is 0 Å². The lowest BCUT2D eigenvalue weighted by Crippen LogP contribution is -2.47. The third-order valence-corrected chi connectivity index (χ3v) is 10.8. The number of hydrogen-bond acceptors (Lipinski definition) is 9. The van der Waals surface area contributed by atoms with Crippen molar-refractivity contribution in [3.05, 3.63) is 54.1 Å². The van der Waals surface area contributed by atoms with Crippen LogP contribution in [0.15, 0.2) is 58.3 Å². The number of piperidine rings is 1. The second-order valence-corrected chi connectivity index (χ2v) is 14.4. The van der Waals surface area contributed by atoms with Crippen LogP contribution >= 0.6 is 0 Å². The van der Waals surface area contributed by atoms with Gasteiger partial charge in [-0.1, -0.05) is 6.07 Å². The molecule has 2 atom stereocenters. The molecule has 4 rings (SSSR count). The zero-order valence-electron chi connectivity index (χ0n) is 23.4. The normalized spacial score (nSPS) is 20.1. The van der Waals surface area contributed by atoms with Gasteiger partial charge in [-0.25, -0.2) is 21.6 Å². The Morgan fingerprint density at radius 2 is 1.80 bits per heavy atom. The van der Waals surface area contributed by atoms with E-state index in [1.165, 1.54) is 52.7 Å². The summed E-state index contributed by atoms with van der Waals surface area (Å²) >= 11 is 0. The number of amides is 1. The van der Waals surface area contributed by atoms with Gasteiger partial charge in [-0.3, -0.25) is 4.79 Å². The second-order valence-electron chi connectivity index (χ2n) is 10.6. The number of aliphatic hydroxyl groups excluding tert-OH is 1. The largest absolute Gasteiger partial charge is 0.491 e. The highest BCUT2D eigenvalue weighted by Gasteiger charge is 2.44. The van der Waals surface area contributed by atoms with Crippen molar-refractivity contribution in [2.75, 3.05) is 54.0 Å². The molecule has 2 aromatic rings. The highest BCUT2D eigenvalue weighted by Crippen LogP contribution is 2.37. The first-order valence-corrected chi connectivity index (χ1v) is 16.3. The topological polar surface area (TPSA) is 155 Å². The van der Waals surface area contributed by atoms with Crippen LogP contribution in [0.3, 0.4) is 0 Å². The zero-order chi connectivity index (χ0) is 29.8. The molecular formula is C27H38N4O8S2. The summed E-state index contributed by atoms with van der Waals surface area (Å²) in [5.41, 5.74) is 0.00197. The van der Waals surface area contributed by atoms with E-state index in [9.17, 15) is 26.7 Å². The molecule has 2 aliphatic rings. The van der Waals surface area contributed by atoms with Crippen molar-refractivity contribution in [2.45, 2.75) is 46.8 Å². The van der Waals surface area contributed by atoms with Gasteiger partial charge in [0, 0.05) is 51.4 Å². The molecule has 1 unspecified atom stereocenters. The molecular weight excluding hydrogens is 572 g/mol. The summed E-state index contributed by atoms with van der Waals surface area (Å²) in [5.74, 6) is 0.145. The average molecular weight is 611 g/mol. The van der Waals surface area contributed by atoms with Crippen molar-refractivity contribution in [2.24, 2.45) is 0 Å². The van der Waals surface area contributed by atoms with Gasteiger partial charge in [0.05, 0.1) is 22.0 Å². The van der Waals surface area contributed by atoms with Gasteiger partial charge in [0.2, 0.25) is 20.0 Å². The van der Waals surface area contributed by atoms with Crippen molar-refractivity contribution >= 4 is 26.0 Å². The number of nitrogens with zero attached hydrogens (tertiary/aromatic N) is 2. The van der Waals surface area contributed by atoms with E-state index in [-0.39, 0.29) is 34.9 Å². The Morgan fingerprint density at radius 1 is 1.12 bits per heavy atom. The van der Waals surface area contributed by atoms with Gasteiger partial charge in [0.15, 0.2) is 0 Å². The SMILES string of the molecule is CNS(=O)(=O)c1cccc(OC[C@@H](O)CNC2COC3(CCN(S(=O)(=O)c4ccc(C(=O)N(C)C)cc4)CC3)C2)c1. The van der Waals surface area contributed by atoms with E-state index in [0.717, 1.165) is 0 Å². The minimum Gasteiger partial charge on any atom is -0.491 e. The van der Waals surface area contributed by atoms with E-state index in [0.29, 0.717) is 50.3 Å². The van der Waals surface area contributed by atoms with Crippen LogP contribution in [0.5, 0.6) is 5.75 Å². The van der Waals surface area contributed by atoms with E-state index >= 15 is 0 Å². The Balaban J connectivity index is 1.23. The second kappa shape index (κ2) is 12.7. The van der Waals surface area contributed by atoms with Gasteiger partial charge in [-0.15, -0.1) is 0 Å². The first kappa shape index (κ1) is 31.3. The molecule has 3 N–H and O–H groups in total. The molecule has 0 aromatic heterocycles.